The van der Waals surface area contributed by atoms with Gasteiger partial charge in [-0.05, 0) is 49.9 Å². The maximum atomic E-state index is 12.5. The number of hydrogen-bond acceptors (Lipinski definition) is 2. The highest BCUT2D eigenvalue weighted by Crippen LogP contribution is 2.25. The minimum Gasteiger partial charge on any atom is -0.482 e. The van der Waals surface area contributed by atoms with E-state index in [4.69, 9.17) is 4.74 Å². The van der Waals surface area contributed by atoms with Crippen LogP contribution in [0.3, 0.4) is 0 Å². The van der Waals surface area contributed by atoms with Gasteiger partial charge in [0.05, 0.1) is 0 Å². The molecule has 0 aliphatic heterocycles. The lowest BCUT2D eigenvalue weighted by molar-refractivity contribution is 0.0785. The van der Waals surface area contributed by atoms with E-state index in [0.29, 0.717) is 12.0 Å². The Morgan fingerprint density at radius 2 is 1.76 bits per heavy atom. The molecular weight excluding hydrogens is 260 g/mol. The first-order valence-electron chi connectivity index (χ1n) is 7.36. The normalized spacial score (nSPS) is 12.0. The molecule has 2 rings (SSSR count). The number of carbonyl (C=O) groups is 1. The lowest BCUT2D eigenvalue weighted by atomic mass is 10.0. The molecule has 2 aromatic carbocycles. The molecule has 0 heterocycles. The first-order chi connectivity index (χ1) is 10.0. The molecule has 0 N–H and O–H groups in total. The Morgan fingerprint density at radius 1 is 1.10 bits per heavy atom. The number of benzene rings is 2. The van der Waals surface area contributed by atoms with Crippen molar-refractivity contribution in [3.05, 3.63) is 64.7 Å². The summed E-state index contributed by atoms with van der Waals surface area (Å²) in [5.74, 6) is 0.847. The van der Waals surface area contributed by atoms with Crippen molar-refractivity contribution in [3.8, 4) is 5.75 Å². The highest BCUT2D eigenvalue weighted by atomic mass is 16.5. The third-order valence-electron chi connectivity index (χ3n) is 3.75. The Bertz CT molecular complexity index is 630. The quantitative estimate of drug-likeness (QED) is 0.746. The lowest BCUT2D eigenvalue weighted by Gasteiger charge is -2.19. The fourth-order valence-corrected chi connectivity index (χ4v) is 2.39. The molecule has 0 radical (unpaired) electrons. The molecule has 1 unspecified atom stereocenters. The second-order valence-electron chi connectivity index (χ2n) is 5.45. The summed E-state index contributed by atoms with van der Waals surface area (Å²) in [7, 11) is 0. The van der Waals surface area contributed by atoms with Crippen molar-refractivity contribution in [1.29, 1.82) is 0 Å². The standard InChI is InChI=1S/C19H22O2/c1-5-17(19(20)16-9-7-6-8-10-16)21-18-12-13(2)11-14(3)15(18)4/h6-12,17H,5H2,1-4H3. The van der Waals surface area contributed by atoms with Gasteiger partial charge in [-0.25, -0.2) is 0 Å². The van der Waals surface area contributed by atoms with Crippen LogP contribution in [0, 0.1) is 20.8 Å². The van der Waals surface area contributed by atoms with Crippen molar-refractivity contribution in [1.82, 2.24) is 0 Å². The van der Waals surface area contributed by atoms with E-state index < -0.39 is 6.10 Å². The molecule has 2 aromatic rings. The van der Waals surface area contributed by atoms with Gasteiger partial charge >= 0.3 is 0 Å². The second kappa shape index (κ2) is 6.57. The maximum Gasteiger partial charge on any atom is 0.203 e. The number of carbonyl (C=O) groups excluding carboxylic acids is 1. The Kier molecular flexibility index (Phi) is 4.79. The number of ketones is 1. The van der Waals surface area contributed by atoms with Gasteiger partial charge < -0.3 is 4.74 Å². The summed E-state index contributed by atoms with van der Waals surface area (Å²) in [5.41, 5.74) is 4.13. The van der Waals surface area contributed by atoms with Gasteiger partial charge in [0, 0.05) is 5.56 Å². The SMILES string of the molecule is CCC(Oc1cc(C)cc(C)c1C)C(=O)c1ccccc1. The molecule has 2 nitrogen and oxygen atoms in total. The van der Waals surface area contributed by atoms with Crippen LogP contribution in [0.2, 0.25) is 0 Å². The number of aryl methyl sites for hydroxylation is 2. The smallest absolute Gasteiger partial charge is 0.203 e. The van der Waals surface area contributed by atoms with Crippen molar-refractivity contribution in [2.24, 2.45) is 0 Å². The molecule has 0 bridgehead atoms. The average molecular weight is 282 g/mol. The monoisotopic (exact) mass is 282 g/mol. The summed E-state index contributed by atoms with van der Waals surface area (Å²) >= 11 is 0. The largest absolute Gasteiger partial charge is 0.482 e. The minimum absolute atomic E-state index is 0.0386. The number of hydrogen-bond donors (Lipinski definition) is 0. The Morgan fingerprint density at radius 3 is 2.38 bits per heavy atom. The van der Waals surface area contributed by atoms with Crippen molar-refractivity contribution in [3.63, 3.8) is 0 Å². The highest BCUT2D eigenvalue weighted by Gasteiger charge is 2.21. The summed E-state index contributed by atoms with van der Waals surface area (Å²) in [6.07, 6.45) is 0.215. The zero-order valence-corrected chi connectivity index (χ0v) is 13.1. The van der Waals surface area contributed by atoms with Crippen molar-refractivity contribution in [2.45, 2.75) is 40.2 Å². The second-order valence-corrected chi connectivity index (χ2v) is 5.45. The summed E-state index contributed by atoms with van der Waals surface area (Å²) in [6.45, 7) is 8.11. The Balaban J connectivity index is 2.26. The molecule has 0 aromatic heterocycles. The van der Waals surface area contributed by atoms with E-state index in [2.05, 4.69) is 13.0 Å². The molecule has 2 heteroatoms. The van der Waals surface area contributed by atoms with E-state index in [1.807, 2.05) is 57.2 Å². The Hall–Kier alpha value is -2.09. The summed E-state index contributed by atoms with van der Waals surface area (Å²) in [4.78, 5) is 12.5. The van der Waals surface area contributed by atoms with E-state index in [-0.39, 0.29) is 5.78 Å². The third kappa shape index (κ3) is 3.52. The first kappa shape index (κ1) is 15.3. The van der Waals surface area contributed by atoms with Crippen molar-refractivity contribution >= 4 is 5.78 Å². The molecule has 0 spiro atoms. The average Bonchev–Trinajstić information content (AvgIpc) is 2.49. The lowest BCUT2D eigenvalue weighted by Crippen LogP contribution is -2.27. The van der Waals surface area contributed by atoms with Gasteiger partial charge in [0.1, 0.15) is 5.75 Å². The fraction of sp³-hybridized carbons (Fsp3) is 0.316. The van der Waals surface area contributed by atoms with Crippen LogP contribution in [0.15, 0.2) is 42.5 Å². The molecule has 0 saturated heterocycles. The van der Waals surface area contributed by atoms with E-state index >= 15 is 0 Å². The molecule has 0 fully saturated rings. The van der Waals surface area contributed by atoms with E-state index in [0.717, 1.165) is 16.9 Å². The van der Waals surface area contributed by atoms with Gasteiger partial charge in [0.2, 0.25) is 5.78 Å². The van der Waals surface area contributed by atoms with Crippen LogP contribution in [-0.4, -0.2) is 11.9 Å². The predicted molar refractivity (Wildman–Crippen MR) is 86.1 cm³/mol. The molecule has 21 heavy (non-hydrogen) atoms. The van der Waals surface area contributed by atoms with Crippen LogP contribution in [0.25, 0.3) is 0 Å². The minimum atomic E-state index is -0.438. The number of Topliss-reactive ketones (excluding diaryl/α,β-unsaturated/α-hetero) is 1. The summed E-state index contributed by atoms with van der Waals surface area (Å²) < 4.78 is 6.02. The van der Waals surface area contributed by atoms with Crippen molar-refractivity contribution < 1.29 is 9.53 Å². The summed E-state index contributed by atoms with van der Waals surface area (Å²) in [5, 5.41) is 0. The highest BCUT2D eigenvalue weighted by molar-refractivity contribution is 5.99. The molecule has 0 aliphatic rings. The van der Waals surface area contributed by atoms with Gasteiger partial charge in [0.15, 0.2) is 6.10 Å². The summed E-state index contributed by atoms with van der Waals surface area (Å²) in [6, 6.07) is 13.5. The first-order valence-corrected chi connectivity index (χ1v) is 7.36. The van der Waals surface area contributed by atoms with E-state index in [1.54, 1.807) is 0 Å². The molecular formula is C19H22O2. The van der Waals surface area contributed by atoms with Gasteiger partial charge in [-0.3, -0.25) is 4.79 Å². The topological polar surface area (TPSA) is 26.3 Å². The van der Waals surface area contributed by atoms with Crippen LogP contribution in [0.5, 0.6) is 5.75 Å². The van der Waals surface area contributed by atoms with Crippen LogP contribution in [0.4, 0.5) is 0 Å². The molecule has 0 saturated carbocycles. The van der Waals surface area contributed by atoms with Gasteiger partial charge in [0.25, 0.3) is 0 Å². The van der Waals surface area contributed by atoms with Crippen LogP contribution in [-0.2, 0) is 0 Å². The van der Waals surface area contributed by atoms with Crippen LogP contribution >= 0.6 is 0 Å². The fourth-order valence-electron chi connectivity index (χ4n) is 2.39. The maximum absolute atomic E-state index is 12.5. The Labute approximate surface area is 126 Å². The third-order valence-corrected chi connectivity index (χ3v) is 3.75. The molecule has 0 aliphatic carbocycles. The van der Waals surface area contributed by atoms with Gasteiger partial charge in [-0.15, -0.1) is 0 Å². The molecule has 1 atom stereocenters. The van der Waals surface area contributed by atoms with E-state index in [9.17, 15) is 4.79 Å². The van der Waals surface area contributed by atoms with Crippen LogP contribution < -0.4 is 4.74 Å². The van der Waals surface area contributed by atoms with Crippen molar-refractivity contribution in [2.75, 3.05) is 0 Å². The van der Waals surface area contributed by atoms with E-state index in [1.165, 1.54) is 5.56 Å². The number of rotatable bonds is 5. The molecule has 110 valence electrons. The number of ether oxygens (including phenoxy) is 1. The van der Waals surface area contributed by atoms with Crippen LogP contribution in [0.1, 0.15) is 40.4 Å². The zero-order valence-electron chi connectivity index (χ0n) is 13.1. The molecule has 0 amide bonds. The van der Waals surface area contributed by atoms with Gasteiger partial charge in [-0.1, -0.05) is 43.3 Å². The zero-order chi connectivity index (χ0) is 15.4. The van der Waals surface area contributed by atoms with Gasteiger partial charge in [-0.2, -0.15) is 0 Å². The predicted octanol–water partition coefficient (Wildman–Crippen LogP) is 4.65.